The zero-order valence-electron chi connectivity index (χ0n) is 15.3. The molecule has 5 nitrogen and oxygen atoms in total. The number of aliphatic carboxylic acids is 1. The van der Waals surface area contributed by atoms with Crippen molar-refractivity contribution in [2.24, 2.45) is 0 Å². The number of aryl methyl sites for hydroxylation is 1. The van der Waals surface area contributed by atoms with E-state index in [0.29, 0.717) is 19.3 Å². The highest BCUT2D eigenvalue weighted by Crippen LogP contribution is 2.34. The number of carboxylic acid groups (broad SMARTS) is 1. The van der Waals surface area contributed by atoms with Gasteiger partial charge in [-0.2, -0.15) is 0 Å². The van der Waals surface area contributed by atoms with E-state index in [0.717, 1.165) is 45.1 Å². The number of carboxylic acids is 1. The molecule has 0 spiro atoms. The Morgan fingerprint density at radius 2 is 2.04 bits per heavy atom. The van der Waals surface area contributed by atoms with Gasteiger partial charge in [0, 0.05) is 13.0 Å². The summed E-state index contributed by atoms with van der Waals surface area (Å²) in [5.74, 6) is -0.936. The molecule has 1 aromatic rings. The molecule has 3 unspecified atom stereocenters. The van der Waals surface area contributed by atoms with Gasteiger partial charge in [0.25, 0.3) is 0 Å². The maximum absolute atomic E-state index is 12.3. The van der Waals surface area contributed by atoms with E-state index in [4.69, 9.17) is 4.74 Å². The van der Waals surface area contributed by atoms with Crippen molar-refractivity contribution in [3.63, 3.8) is 0 Å². The Hall–Kier alpha value is -1.88. The molecule has 1 aliphatic heterocycles. The number of carbonyl (C=O) groups excluding carboxylic acids is 1. The van der Waals surface area contributed by atoms with Gasteiger partial charge in [0.05, 0.1) is 6.10 Å². The van der Waals surface area contributed by atoms with Crippen LogP contribution in [0.5, 0.6) is 0 Å². The van der Waals surface area contributed by atoms with Crippen LogP contribution in [0.1, 0.15) is 68.4 Å². The quantitative estimate of drug-likeness (QED) is 0.782. The molecule has 1 fully saturated rings. The normalized spacial score (nSPS) is 23.7. The zero-order valence-corrected chi connectivity index (χ0v) is 15.3. The Labute approximate surface area is 155 Å². The highest BCUT2D eigenvalue weighted by atomic mass is 16.5. The van der Waals surface area contributed by atoms with Gasteiger partial charge in [0.1, 0.15) is 6.04 Å². The fraction of sp³-hybridized carbons (Fsp3) is 0.619. The Morgan fingerprint density at radius 1 is 1.19 bits per heavy atom. The molecule has 0 saturated carbocycles. The summed E-state index contributed by atoms with van der Waals surface area (Å²) >= 11 is 0. The molecule has 2 aliphatic rings. The minimum Gasteiger partial charge on any atom is -0.480 e. The molecule has 1 aromatic carbocycles. The van der Waals surface area contributed by atoms with E-state index in [2.05, 4.69) is 17.4 Å². The van der Waals surface area contributed by atoms with Crippen LogP contribution in [0.2, 0.25) is 0 Å². The average molecular weight is 359 g/mol. The van der Waals surface area contributed by atoms with Gasteiger partial charge in [-0.25, -0.2) is 4.79 Å². The lowest BCUT2D eigenvalue weighted by Crippen LogP contribution is -2.42. The molecule has 2 N–H and O–H groups in total. The van der Waals surface area contributed by atoms with Crippen molar-refractivity contribution in [2.75, 3.05) is 6.61 Å². The van der Waals surface area contributed by atoms with E-state index >= 15 is 0 Å². The number of benzene rings is 1. The number of hydrogen-bond acceptors (Lipinski definition) is 3. The third kappa shape index (κ3) is 5.07. The van der Waals surface area contributed by atoms with Crippen molar-refractivity contribution in [2.45, 2.75) is 75.9 Å². The fourth-order valence-electron chi connectivity index (χ4n) is 4.20. The van der Waals surface area contributed by atoms with Crippen LogP contribution in [0.15, 0.2) is 24.3 Å². The molecular weight excluding hydrogens is 330 g/mol. The van der Waals surface area contributed by atoms with E-state index in [-0.39, 0.29) is 17.9 Å². The number of carbonyl (C=O) groups is 2. The first-order chi connectivity index (χ1) is 12.6. The second kappa shape index (κ2) is 9.17. The number of amides is 1. The summed E-state index contributed by atoms with van der Waals surface area (Å²) < 4.78 is 5.65. The van der Waals surface area contributed by atoms with Crippen molar-refractivity contribution >= 4 is 11.9 Å². The predicted octanol–water partition coefficient (Wildman–Crippen LogP) is 3.42. The van der Waals surface area contributed by atoms with E-state index in [9.17, 15) is 14.7 Å². The first kappa shape index (κ1) is 18.9. The lowest BCUT2D eigenvalue weighted by molar-refractivity contribution is -0.142. The second-order valence-corrected chi connectivity index (χ2v) is 7.51. The number of ether oxygens (including phenoxy) is 1. The maximum Gasteiger partial charge on any atom is 0.326 e. The Morgan fingerprint density at radius 3 is 2.81 bits per heavy atom. The monoisotopic (exact) mass is 359 g/mol. The third-order valence-corrected chi connectivity index (χ3v) is 5.61. The van der Waals surface area contributed by atoms with E-state index < -0.39 is 12.0 Å². The number of hydrogen-bond donors (Lipinski definition) is 2. The summed E-state index contributed by atoms with van der Waals surface area (Å²) in [7, 11) is 0. The van der Waals surface area contributed by atoms with Crippen LogP contribution < -0.4 is 5.32 Å². The van der Waals surface area contributed by atoms with Gasteiger partial charge >= 0.3 is 5.97 Å². The molecule has 142 valence electrons. The van der Waals surface area contributed by atoms with Gasteiger partial charge in [-0.15, -0.1) is 0 Å². The Bertz CT molecular complexity index is 624. The summed E-state index contributed by atoms with van der Waals surface area (Å²) in [5.41, 5.74) is 2.56. The summed E-state index contributed by atoms with van der Waals surface area (Å²) in [6.45, 7) is 0.769. The van der Waals surface area contributed by atoms with Crippen molar-refractivity contribution in [1.29, 1.82) is 0 Å². The predicted molar refractivity (Wildman–Crippen MR) is 99.1 cm³/mol. The van der Waals surface area contributed by atoms with Gasteiger partial charge in [-0.1, -0.05) is 24.3 Å². The average Bonchev–Trinajstić information content (AvgIpc) is 2.67. The maximum atomic E-state index is 12.3. The molecule has 0 aromatic heterocycles. The van der Waals surface area contributed by atoms with E-state index in [1.54, 1.807) is 0 Å². The number of rotatable bonds is 7. The largest absolute Gasteiger partial charge is 0.480 e. The van der Waals surface area contributed by atoms with Crippen LogP contribution in [0.3, 0.4) is 0 Å². The molecule has 1 aliphatic carbocycles. The fourth-order valence-corrected chi connectivity index (χ4v) is 4.20. The van der Waals surface area contributed by atoms with Crippen LogP contribution in [0.4, 0.5) is 0 Å². The Kier molecular flexibility index (Phi) is 6.67. The molecule has 5 heteroatoms. The van der Waals surface area contributed by atoms with Crippen LogP contribution in [-0.2, 0) is 20.7 Å². The lowest BCUT2D eigenvalue weighted by Gasteiger charge is -2.28. The van der Waals surface area contributed by atoms with E-state index in [1.165, 1.54) is 11.1 Å². The van der Waals surface area contributed by atoms with Crippen molar-refractivity contribution < 1.29 is 19.4 Å². The topological polar surface area (TPSA) is 75.6 Å². The third-order valence-electron chi connectivity index (χ3n) is 5.61. The molecule has 26 heavy (non-hydrogen) atoms. The smallest absolute Gasteiger partial charge is 0.326 e. The first-order valence-electron chi connectivity index (χ1n) is 9.85. The standard InChI is InChI=1S/C21H29NO4/c23-20(12-11-17-9-3-4-13-26-17)22-19(21(24)25)14-16-8-5-7-15-6-1-2-10-18(15)16/h1-2,6,10,16-17,19H,3-5,7-9,11-14H2,(H,22,23)(H,24,25). The van der Waals surface area contributed by atoms with Gasteiger partial charge in [0.2, 0.25) is 5.91 Å². The second-order valence-electron chi connectivity index (χ2n) is 7.51. The summed E-state index contributed by atoms with van der Waals surface area (Å²) in [5, 5.41) is 12.3. The van der Waals surface area contributed by atoms with Gasteiger partial charge in [-0.05, 0) is 68.4 Å². The van der Waals surface area contributed by atoms with Crippen LogP contribution in [0, 0.1) is 0 Å². The van der Waals surface area contributed by atoms with Gasteiger partial charge in [0.15, 0.2) is 0 Å². The zero-order chi connectivity index (χ0) is 18.4. The number of fused-ring (bicyclic) bond motifs is 1. The highest BCUT2D eigenvalue weighted by molar-refractivity contribution is 5.83. The Balaban J connectivity index is 1.54. The van der Waals surface area contributed by atoms with Crippen molar-refractivity contribution in [3.05, 3.63) is 35.4 Å². The summed E-state index contributed by atoms with van der Waals surface area (Å²) in [6, 6.07) is 7.44. The molecular formula is C21H29NO4. The van der Waals surface area contributed by atoms with Crippen molar-refractivity contribution in [1.82, 2.24) is 5.32 Å². The van der Waals surface area contributed by atoms with Crippen molar-refractivity contribution in [3.8, 4) is 0 Å². The molecule has 0 radical (unpaired) electrons. The highest BCUT2D eigenvalue weighted by Gasteiger charge is 2.28. The molecule has 1 heterocycles. The molecule has 0 bridgehead atoms. The molecule has 3 atom stereocenters. The van der Waals surface area contributed by atoms with Gasteiger partial charge in [-0.3, -0.25) is 4.79 Å². The molecule has 3 rings (SSSR count). The van der Waals surface area contributed by atoms with Crippen LogP contribution in [0.25, 0.3) is 0 Å². The first-order valence-corrected chi connectivity index (χ1v) is 9.85. The molecule has 1 saturated heterocycles. The SMILES string of the molecule is O=C(CCC1CCCCO1)NC(CC1CCCc2ccccc21)C(=O)O. The van der Waals surface area contributed by atoms with Crippen LogP contribution in [-0.4, -0.2) is 35.7 Å². The summed E-state index contributed by atoms with van der Waals surface area (Å²) in [4.78, 5) is 23.9. The molecule has 1 amide bonds. The van der Waals surface area contributed by atoms with Crippen LogP contribution >= 0.6 is 0 Å². The number of nitrogens with one attached hydrogen (secondary N) is 1. The van der Waals surface area contributed by atoms with Gasteiger partial charge < -0.3 is 15.2 Å². The summed E-state index contributed by atoms with van der Waals surface area (Å²) in [6.07, 6.45) is 7.93. The van der Waals surface area contributed by atoms with E-state index in [1.807, 2.05) is 12.1 Å². The minimum absolute atomic E-state index is 0.142. The lowest BCUT2D eigenvalue weighted by atomic mass is 9.79. The minimum atomic E-state index is -0.949.